The Bertz CT molecular complexity index is 224. The van der Waals surface area contributed by atoms with Crippen molar-refractivity contribution in [1.29, 1.82) is 0 Å². The molecule has 0 aromatic rings. The molecular formula is C6H8Cl6Si2. The summed E-state index contributed by atoms with van der Waals surface area (Å²) in [6.45, 7) is 0. The van der Waals surface area contributed by atoms with Crippen molar-refractivity contribution in [2.45, 2.75) is 25.7 Å². The normalized spacial score (nSPS) is 20.1. The van der Waals surface area contributed by atoms with E-state index < -0.39 is 12.0 Å². The van der Waals surface area contributed by atoms with Crippen molar-refractivity contribution < 1.29 is 0 Å². The molecule has 0 saturated carbocycles. The van der Waals surface area contributed by atoms with E-state index >= 15 is 0 Å². The van der Waals surface area contributed by atoms with Gasteiger partial charge >= 0.3 is 12.0 Å². The van der Waals surface area contributed by atoms with Gasteiger partial charge in [-0.15, -0.1) is 66.5 Å². The van der Waals surface area contributed by atoms with E-state index in [-0.39, 0.29) is 0 Å². The average Bonchev–Trinajstić information content (AvgIpc) is 2.01. The highest BCUT2D eigenvalue weighted by Crippen LogP contribution is 2.44. The molecule has 0 N–H and O–H groups in total. The van der Waals surface area contributed by atoms with Crippen molar-refractivity contribution in [3.63, 3.8) is 0 Å². The second-order valence-electron chi connectivity index (χ2n) is 3.16. The molecule has 0 nitrogen and oxygen atoms in total. The minimum atomic E-state index is -2.85. The van der Waals surface area contributed by atoms with E-state index in [0.717, 1.165) is 36.1 Å². The van der Waals surface area contributed by atoms with Gasteiger partial charge < -0.3 is 0 Å². The number of rotatable bonds is 2. The molecule has 0 radical (unpaired) electrons. The summed E-state index contributed by atoms with van der Waals surface area (Å²) in [6.07, 6.45) is 3.60. The molecule has 1 rings (SSSR count). The van der Waals surface area contributed by atoms with Gasteiger partial charge in [-0.05, 0) is 36.1 Å². The maximum atomic E-state index is 5.97. The molecule has 0 unspecified atom stereocenters. The summed E-state index contributed by atoms with van der Waals surface area (Å²) in [5, 5.41) is 1.67. The second-order valence-corrected chi connectivity index (χ2v) is 20.0. The zero-order valence-electron chi connectivity index (χ0n) is 7.10. The highest BCUT2D eigenvalue weighted by atomic mass is 35.8. The highest BCUT2D eigenvalue weighted by molar-refractivity contribution is 7.70. The Morgan fingerprint density at radius 1 is 0.643 bits per heavy atom. The Hall–Kier alpha value is 1.91. The van der Waals surface area contributed by atoms with Crippen LogP contribution in [0.4, 0.5) is 0 Å². The topological polar surface area (TPSA) is 0 Å². The Morgan fingerprint density at radius 2 is 0.929 bits per heavy atom. The van der Waals surface area contributed by atoms with Crippen LogP contribution in [0, 0.1) is 0 Å². The van der Waals surface area contributed by atoms with Crippen LogP contribution in [0.1, 0.15) is 25.7 Å². The van der Waals surface area contributed by atoms with Gasteiger partial charge in [0.15, 0.2) is 0 Å². The van der Waals surface area contributed by atoms with E-state index in [9.17, 15) is 0 Å². The molecule has 1 aliphatic carbocycles. The van der Waals surface area contributed by atoms with Gasteiger partial charge in [-0.3, -0.25) is 0 Å². The molecular weight excluding hydrogens is 341 g/mol. The van der Waals surface area contributed by atoms with Crippen LogP contribution in [-0.2, 0) is 0 Å². The summed E-state index contributed by atoms with van der Waals surface area (Å²) < 4.78 is 0. The van der Waals surface area contributed by atoms with Crippen LogP contribution in [0.15, 0.2) is 10.4 Å². The van der Waals surface area contributed by atoms with Crippen LogP contribution in [0.3, 0.4) is 0 Å². The molecule has 82 valence electrons. The Kier molecular flexibility index (Phi) is 5.04. The SMILES string of the molecule is Cl[Si](Cl)(Cl)C1=C([Si](Cl)(Cl)Cl)CCCC1. The van der Waals surface area contributed by atoms with Gasteiger partial charge in [0.2, 0.25) is 0 Å². The molecule has 0 atom stereocenters. The highest BCUT2D eigenvalue weighted by Gasteiger charge is 2.42. The number of hydrogen-bond donors (Lipinski definition) is 0. The molecule has 1 aliphatic rings. The maximum absolute atomic E-state index is 5.97. The first-order valence-electron chi connectivity index (χ1n) is 4.09. The van der Waals surface area contributed by atoms with Gasteiger partial charge in [-0.1, -0.05) is 0 Å². The van der Waals surface area contributed by atoms with Crippen LogP contribution < -0.4 is 0 Å². The maximum Gasteiger partial charge on any atom is 0.368 e. The number of allylic oxidation sites excluding steroid dienone is 2. The van der Waals surface area contributed by atoms with Crippen molar-refractivity contribution >= 4 is 78.5 Å². The van der Waals surface area contributed by atoms with E-state index in [1.54, 1.807) is 0 Å². The third-order valence-corrected chi connectivity index (χ3v) is 8.98. The van der Waals surface area contributed by atoms with Crippen LogP contribution in [0.5, 0.6) is 0 Å². The fourth-order valence-corrected chi connectivity index (χ4v) is 9.69. The molecule has 0 aliphatic heterocycles. The third kappa shape index (κ3) is 3.74. The molecule has 0 saturated heterocycles. The fraction of sp³-hybridized carbons (Fsp3) is 0.667. The van der Waals surface area contributed by atoms with E-state index in [4.69, 9.17) is 66.5 Å². The Balaban J connectivity index is 3.10. The van der Waals surface area contributed by atoms with Gasteiger partial charge in [-0.25, -0.2) is 0 Å². The summed E-state index contributed by atoms with van der Waals surface area (Å²) in [6, 6.07) is -5.70. The van der Waals surface area contributed by atoms with Crippen LogP contribution in [0.25, 0.3) is 0 Å². The van der Waals surface area contributed by atoms with E-state index in [1.165, 1.54) is 0 Å². The first kappa shape index (κ1) is 14.0. The van der Waals surface area contributed by atoms with Crippen molar-refractivity contribution in [2.24, 2.45) is 0 Å². The quantitative estimate of drug-likeness (QED) is 0.472. The average molecular weight is 349 g/mol. The smallest absolute Gasteiger partial charge is 0.121 e. The molecule has 0 spiro atoms. The molecule has 0 aromatic carbocycles. The summed E-state index contributed by atoms with van der Waals surface area (Å²) in [5.74, 6) is 0. The van der Waals surface area contributed by atoms with Crippen molar-refractivity contribution in [1.82, 2.24) is 0 Å². The summed E-state index contributed by atoms with van der Waals surface area (Å²) in [5.41, 5.74) is 0. The van der Waals surface area contributed by atoms with E-state index in [2.05, 4.69) is 0 Å². The van der Waals surface area contributed by atoms with Crippen LogP contribution >= 0.6 is 66.5 Å². The molecule has 0 amide bonds. The molecule has 0 heterocycles. The number of hydrogen-bond acceptors (Lipinski definition) is 0. The lowest BCUT2D eigenvalue weighted by Crippen LogP contribution is -2.27. The van der Waals surface area contributed by atoms with E-state index in [1.807, 2.05) is 0 Å². The monoisotopic (exact) mass is 346 g/mol. The zero-order valence-corrected chi connectivity index (χ0v) is 13.6. The lowest BCUT2D eigenvalue weighted by Gasteiger charge is -2.26. The minimum absolute atomic E-state index is 0.777. The first-order valence-corrected chi connectivity index (χ1v) is 14.2. The second kappa shape index (κ2) is 5.05. The third-order valence-electron chi connectivity index (χ3n) is 2.15. The van der Waals surface area contributed by atoms with Crippen LogP contribution in [0.2, 0.25) is 0 Å². The lowest BCUT2D eigenvalue weighted by molar-refractivity contribution is 0.710. The van der Waals surface area contributed by atoms with E-state index in [0.29, 0.717) is 0 Å². The van der Waals surface area contributed by atoms with Gasteiger partial charge in [0, 0.05) is 0 Å². The molecule has 0 fully saturated rings. The van der Waals surface area contributed by atoms with Gasteiger partial charge in [0.1, 0.15) is 0 Å². The largest absolute Gasteiger partial charge is 0.368 e. The van der Waals surface area contributed by atoms with Crippen molar-refractivity contribution in [3.05, 3.63) is 10.4 Å². The Labute approximate surface area is 114 Å². The Morgan fingerprint density at radius 3 is 1.14 bits per heavy atom. The standard InChI is InChI=1S/C6H8Cl6Si2/c7-13(8,9)5-3-1-2-4-6(5)14(10,11)12/h1-4H2. The van der Waals surface area contributed by atoms with Crippen molar-refractivity contribution in [3.8, 4) is 0 Å². The lowest BCUT2D eigenvalue weighted by atomic mass is 10.1. The number of halogens is 6. The molecule has 14 heavy (non-hydrogen) atoms. The predicted molar refractivity (Wildman–Crippen MR) is 72.1 cm³/mol. The summed E-state index contributed by atoms with van der Waals surface area (Å²) >= 11 is 35.8. The molecule has 0 bridgehead atoms. The van der Waals surface area contributed by atoms with Gasteiger partial charge in [0.05, 0.1) is 0 Å². The predicted octanol–water partition coefficient (Wildman–Crippen LogP) is 5.25. The zero-order chi connectivity index (χ0) is 11.0. The molecule has 0 aromatic heterocycles. The van der Waals surface area contributed by atoms with Crippen LogP contribution in [-0.4, -0.2) is 12.0 Å². The molecule has 8 heteroatoms. The fourth-order valence-electron chi connectivity index (χ4n) is 1.53. The summed E-state index contributed by atoms with van der Waals surface area (Å²) in [4.78, 5) is 0. The van der Waals surface area contributed by atoms with Gasteiger partial charge in [0.25, 0.3) is 0 Å². The minimum Gasteiger partial charge on any atom is -0.121 e. The van der Waals surface area contributed by atoms with Crippen molar-refractivity contribution in [2.75, 3.05) is 0 Å². The first-order chi connectivity index (χ1) is 6.23. The van der Waals surface area contributed by atoms with Gasteiger partial charge in [-0.2, -0.15) is 0 Å². The summed E-state index contributed by atoms with van der Waals surface area (Å²) in [7, 11) is 0.